The third-order valence-corrected chi connectivity index (χ3v) is 4.23. The second kappa shape index (κ2) is 5.79. The predicted octanol–water partition coefficient (Wildman–Crippen LogP) is -1.41. The third-order valence-electron chi connectivity index (χ3n) is 4.23. The fourth-order valence-corrected chi connectivity index (χ4v) is 2.66. The first-order chi connectivity index (χ1) is 8.99. The maximum absolute atomic E-state index is 8.49. The van der Waals surface area contributed by atoms with Crippen LogP contribution in [-0.2, 0) is 5.41 Å². The lowest BCUT2D eigenvalue weighted by atomic mass is 9.71. The molecule has 0 amide bonds. The van der Waals surface area contributed by atoms with Gasteiger partial charge in [0.2, 0.25) is 5.69 Å². The SMILES string of the molecule is CC1=[N+](C)c2ccccc2C1(C)C(C)C.[O-][Cl+3]([O-])([O-])[O-]. The van der Waals surface area contributed by atoms with Crippen LogP contribution in [0.3, 0.4) is 0 Å². The van der Waals surface area contributed by atoms with Gasteiger partial charge < -0.3 is 0 Å². The minimum Gasteiger partial charge on any atom is -0.222 e. The summed E-state index contributed by atoms with van der Waals surface area (Å²) in [5, 5.41) is 0. The van der Waals surface area contributed by atoms with Crippen molar-refractivity contribution in [2.75, 3.05) is 7.05 Å². The van der Waals surface area contributed by atoms with Gasteiger partial charge in [0.05, 0.1) is 5.41 Å². The summed E-state index contributed by atoms with van der Waals surface area (Å²) in [6, 6.07) is 8.75. The zero-order valence-corrected chi connectivity index (χ0v) is 13.1. The Morgan fingerprint density at radius 1 is 1.10 bits per heavy atom. The fraction of sp³-hybridized carbons (Fsp3) is 0.500. The number of halogens is 1. The number of fused-ring (bicyclic) bond motifs is 1. The molecule has 0 saturated heterocycles. The van der Waals surface area contributed by atoms with E-state index in [9.17, 15) is 0 Å². The molecule has 1 aromatic rings. The van der Waals surface area contributed by atoms with Gasteiger partial charge >= 0.3 is 0 Å². The van der Waals surface area contributed by atoms with Crippen LogP contribution in [-0.4, -0.2) is 17.3 Å². The molecular formula is C14H20ClNO4. The molecule has 0 fully saturated rings. The normalized spacial score (nSPS) is 21.7. The minimum atomic E-state index is -4.94. The Hall–Kier alpha value is -0.980. The van der Waals surface area contributed by atoms with Gasteiger partial charge in [-0.05, 0) is 12.8 Å². The second-order valence-electron chi connectivity index (χ2n) is 5.40. The van der Waals surface area contributed by atoms with Crippen LogP contribution in [0.1, 0.15) is 33.3 Å². The van der Waals surface area contributed by atoms with E-state index >= 15 is 0 Å². The van der Waals surface area contributed by atoms with Gasteiger partial charge in [-0.2, -0.15) is 0 Å². The van der Waals surface area contributed by atoms with Gasteiger partial charge in [0, 0.05) is 18.6 Å². The quantitative estimate of drug-likeness (QED) is 0.596. The van der Waals surface area contributed by atoms with Crippen molar-refractivity contribution in [2.45, 2.75) is 33.1 Å². The van der Waals surface area contributed by atoms with Crippen LogP contribution < -0.4 is 18.6 Å². The summed E-state index contributed by atoms with van der Waals surface area (Å²) < 4.78 is 36.3. The van der Waals surface area contributed by atoms with E-state index in [-0.39, 0.29) is 5.41 Å². The monoisotopic (exact) mass is 301 g/mol. The summed E-state index contributed by atoms with van der Waals surface area (Å²) >= 11 is 0. The van der Waals surface area contributed by atoms with Crippen LogP contribution in [0.5, 0.6) is 0 Å². The second-order valence-corrected chi connectivity index (χ2v) is 6.15. The summed E-state index contributed by atoms with van der Waals surface area (Å²) in [6.07, 6.45) is 0. The molecule has 0 N–H and O–H groups in total. The fourth-order valence-electron chi connectivity index (χ4n) is 2.66. The van der Waals surface area contributed by atoms with E-state index in [1.807, 2.05) is 0 Å². The number of hydrogen-bond donors (Lipinski definition) is 0. The van der Waals surface area contributed by atoms with E-state index in [0.29, 0.717) is 5.92 Å². The first-order valence-electron chi connectivity index (χ1n) is 6.28. The number of rotatable bonds is 1. The number of hydrogen-bond acceptors (Lipinski definition) is 4. The van der Waals surface area contributed by atoms with Gasteiger partial charge in [0.25, 0.3) is 0 Å². The van der Waals surface area contributed by atoms with Gasteiger partial charge in [0.15, 0.2) is 5.71 Å². The van der Waals surface area contributed by atoms with Crippen LogP contribution in [0.2, 0.25) is 0 Å². The Morgan fingerprint density at radius 2 is 1.55 bits per heavy atom. The highest BCUT2D eigenvalue weighted by molar-refractivity contribution is 5.93. The molecule has 0 saturated carbocycles. The molecule has 2 rings (SSSR count). The number of nitrogens with zero attached hydrogens (tertiary/aromatic N) is 1. The largest absolute Gasteiger partial charge is 0.222 e. The lowest BCUT2D eigenvalue weighted by Crippen LogP contribution is -2.68. The lowest BCUT2D eigenvalue weighted by molar-refractivity contribution is -2.00. The van der Waals surface area contributed by atoms with E-state index in [4.69, 9.17) is 18.6 Å². The molecule has 1 aliphatic heterocycles. The van der Waals surface area contributed by atoms with Crippen molar-refractivity contribution in [3.05, 3.63) is 29.8 Å². The maximum atomic E-state index is 8.49. The molecule has 0 aromatic heterocycles. The third kappa shape index (κ3) is 3.37. The lowest BCUT2D eigenvalue weighted by Gasteiger charge is -2.26. The summed E-state index contributed by atoms with van der Waals surface area (Å²) in [5.74, 6) is 0.628. The highest BCUT2D eigenvalue weighted by Gasteiger charge is 2.46. The molecule has 0 spiro atoms. The van der Waals surface area contributed by atoms with Crippen LogP contribution in [0.15, 0.2) is 24.3 Å². The van der Waals surface area contributed by atoms with Gasteiger partial charge in [-0.25, -0.2) is 23.2 Å². The molecule has 5 nitrogen and oxygen atoms in total. The van der Waals surface area contributed by atoms with Crippen molar-refractivity contribution >= 4 is 11.4 Å². The number of para-hydroxylation sites is 1. The van der Waals surface area contributed by atoms with Crippen LogP contribution in [0.25, 0.3) is 0 Å². The molecule has 1 aliphatic rings. The molecule has 0 bridgehead atoms. The Labute approximate surface area is 121 Å². The topological polar surface area (TPSA) is 95.2 Å². The predicted molar refractivity (Wildman–Crippen MR) is 65.2 cm³/mol. The average Bonchev–Trinajstić information content (AvgIpc) is 2.51. The minimum absolute atomic E-state index is 0.200. The average molecular weight is 302 g/mol. The first kappa shape index (κ1) is 17.1. The molecule has 1 heterocycles. The van der Waals surface area contributed by atoms with Gasteiger partial charge in [-0.15, -0.1) is 10.2 Å². The molecule has 0 aliphatic carbocycles. The van der Waals surface area contributed by atoms with E-state index in [1.165, 1.54) is 17.0 Å². The molecule has 20 heavy (non-hydrogen) atoms. The van der Waals surface area contributed by atoms with Crippen molar-refractivity contribution < 1.29 is 33.5 Å². The van der Waals surface area contributed by atoms with Gasteiger partial charge in [0.1, 0.15) is 7.05 Å². The van der Waals surface area contributed by atoms with Gasteiger partial charge in [-0.1, -0.05) is 32.0 Å². The molecule has 1 aromatic carbocycles. The van der Waals surface area contributed by atoms with E-state index in [1.54, 1.807) is 0 Å². The van der Waals surface area contributed by atoms with Crippen molar-refractivity contribution in [3.8, 4) is 0 Å². The molecular weight excluding hydrogens is 282 g/mol. The highest BCUT2D eigenvalue weighted by Crippen LogP contribution is 2.43. The standard InChI is InChI=1S/C14H20N.ClHO4/c1-10(2)14(4)11(3)15(5)13-9-7-6-8-12(13)14;2-1(3,4)5/h6-10H,1-5H3;(H,2,3,4,5)/q+1;/p-1. The molecule has 6 heteroatoms. The molecule has 1 atom stereocenters. The van der Waals surface area contributed by atoms with Crippen LogP contribution >= 0.6 is 0 Å². The highest BCUT2D eigenvalue weighted by atomic mass is 35.7. The number of benzene rings is 1. The first-order valence-corrected chi connectivity index (χ1v) is 7.52. The summed E-state index contributed by atoms with van der Waals surface area (Å²) in [6.45, 7) is 9.22. The summed E-state index contributed by atoms with van der Waals surface area (Å²) in [5.41, 5.74) is 4.50. The van der Waals surface area contributed by atoms with E-state index in [0.717, 1.165) is 0 Å². The molecule has 112 valence electrons. The van der Waals surface area contributed by atoms with Crippen LogP contribution in [0, 0.1) is 16.2 Å². The zero-order valence-electron chi connectivity index (χ0n) is 12.3. The van der Waals surface area contributed by atoms with Crippen molar-refractivity contribution in [3.63, 3.8) is 0 Å². The van der Waals surface area contributed by atoms with Gasteiger partial charge in [-0.3, -0.25) is 0 Å². The van der Waals surface area contributed by atoms with Crippen LogP contribution in [0.4, 0.5) is 5.69 Å². The zero-order chi connectivity index (χ0) is 15.7. The summed E-state index contributed by atoms with van der Waals surface area (Å²) in [4.78, 5) is 0. The Kier molecular flexibility index (Phi) is 4.94. The molecule has 1 unspecified atom stereocenters. The van der Waals surface area contributed by atoms with E-state index in [2.05, 4.69) is 63.6 Å². The van der Waals surface area contributed by atoms with Crippen molar-refractivity contribution in [2.24, 2.45) is 5.92 Å². The Balaban J connectivity index is 0.000000347. The van der Waals surface area contributed by atoms with Crippen molar-refractivity contribution in [1.82, 2.24) is 0 Å². The maximum Gasteiger partial charge on any atom is 0.209 e. The van der Waals surface area contributed by atoms with Crippen molar-refractivity contribution in [1.29, 1.82) is 0 Å². The smallest absolute Gasteiger partial charge is 0.209 e. The Morgan fingerprint density at radius 3 is 2.00 bits per heavy atom. The Bertz CT molecular complexity index is 516. The molecule has 0 radical (unpaired) electrons. The van der Waals surface area contributed by atoms with E-state index < -0.39 is 10.2 Å². The summed E-state index contributed by atoms with van der Waals surface area (Å²) in [7, 11) is -2.78.